The molecule has 1 fully saturated rings. The molecule has 0 saturated carbocycles. The molecule has 0 bridgehead atoms. The number of thioether (sulfide) groups is 1. The summed E-state index contributed by atoms with van der Waals surface area (Å²) in [6.45, 7) is 6.92. The highest BCUT2D eigenvalue weighted by atomic mass is 32.2. The molecule has 1 aliphatic heterocycles. The molecule has 0 unspecified atom stereocenters. The summed E-state index contributed by atoms with van der Waals surface area (Å²) in [5.74, 6) is 0.111. The van der Waals surface area contributed by atoms with E-state index >= 15 is 0 Å². The zero-order chi connectivity index (χ0) is 20.1. The molecule has 1 heterocycles. The van der Waals surface area contributed by atoms with E-state index in [0.29, 0.717) is 0 Å². The Hall–Kier alpha value is -2.31. The summed E-state index contributed by atoms with van der Waals surface area (Å²) in [6.07, 6.45) is 2.01. The fourth-order valence-corrected chi connectivity index (χ4v) is 3.98. The molecule has 0 aliphatic carbocycles. The van der Waals surface area contributed by atoms with Crippen LogP contribution in [-0.2, 0) is 4.79 Å². The molecule has 2 aromatic rings. The average Bonchev–Trinajstić information content (AvgIpc) is 2.73. The van der Waals surface area contributed by atoms with Crippen molar-refractivity contribution in [1.29, 1.82) is 0 Å². The maximum Gasteiger partial charge on any atom is 0.241 e. The highest BCUT2D eigenvalue weighted by molar-refractivity contribution is 7.98. The molecule has 1 atom stereocenters. The highest BCUT2D eigenvalue weighted by Crippen LogP contribution is 2.25. The fraction of sp³-hybridized carbons (Fsp3) is 0.364. The molecular formula is C22H27N3O2S. The number of Topliss-reactive ketones (excluding diaryl/α,β-unsaturated/α-hetero) is 1. The number of anilines is 2. The second kappa shape index (κ2) is 9.26. The van der Waals surface area contributed by atoms with Gasteiger partial charge in [-0.25, -0.2) is 0 Å². The quantitative estimate of drug-likeness (QED) is 0.594. The number of para-hydroxylation sites is 1. The van der Waals surface area contributed by atoms with E-state index in [0.717, 1.165) is 48.0 Å². The highest BCUT2D eigenvalue weighted by Gasteiger charge is 2.26. The van der Waals surface area contributed by atoms with Crippen molar-refractivity contribution in [2.45, 2.75) is 24.8 Å². The molecule has 148 valence electrons. The Morgan fingerprint density at radius 1 is 1.00 bits per heavy atom. The normalized spacial score (nSPS) is 15.9. The Balaban J connectivity index is 1.56. The Morgan fingerprint density at radius 3 is 2.25 bits per heavy atom. The van der Waals surface area contributed by atoms with E-state index < -0.39 is 0 Å². The van der Waals surface area contributed by atoms with E-state index in [1.807, 2.05) is 61.7 Å². The van der Waals surface area contributed by atoms with Crippen LogP contribution >= 0.6 is 11.8 Å². The van der Waals surface area contributed by atoms with Crippen LogP contribution in [0.3, 0.4) is 0 Å². The molecule has 0 aromatic heterocycles. The first-order valence-electron chi connectivity index (χ1n) is 9.53. The fourth-order valence-electron chi connectivity index (χ4n) is 3.43. The van der Waals surface area contributed by atoms with Crippen LogP contribution in [0.5, 0.6) is 0 Å². The first-order valence-corrected chi connectivity index (χ1v) is 10.8. The van der Waals surface area contributed by atoms with Crippen molar-refractivity contribution in [2.24, 2.45) is 0 Å². The van der Waals surface area contributed by atoms with Gasteiger partial charge in [0.1, 0.15) is 0 Å². The minimum atomic E-state index is -0.183. The number of carbonyl (C=O) groups is 2. The molecule has 0 radical (unpaired) electrons. The number of nitrogens with one attached hydrogen (secondary N) is 1. The number of carbonyl (C=O) groups excluding carboxylic acids is 2. The first-order chi connectivity index (χ1) is 13.5. The third kappa shape index (κ3) is 4.75. The van der Waals surface area contributed by atoms with Crippen molar-refractivity contribution < 1.29 is 9.59 Å². The number of hydrogen-bond donors (Lipinski definition) is 1. The number of nitrogens with zero attached hydrogens (tertiary/aromatic N) is 2. The van der Waals surface area contributed by atoms with E-state index in [4.69, 9.17) is 0 Å². The number of benzene rings is 2. The summed E-state index contributed by atoms with van der Waals surface area (Å²) < 4.78 is 0. The number of rotatable bonds is 6. The van der Waals surface area contributed by atoms with E-state index in [2.05, 4.69) is 15.1 Å². The molecular weight excluding hydrogens is 370 g/mol. The molecule has 0 spiro atoms. The van der Waals surface area contributed by atoms with Gasteiger partial charge in [-0.15, -0.1) is 11.8 Å². The molecule has 1 N–H and O–H groups in total. The van der Waals surface area contributed by atoms with Gasteiger partial charge >= 0.3 is 0 Å². The van der Waals surface area contributed by atoms with Crippen LogP contribution in [0.1, 0.15) is 24.2 Å². The van der Waals surface area contributed by atoms with Crippen LogP contribution in [0.15, 0.2) is 53.4 Å². The van der Waals surface area contributed by atoms with Crippen molar-refractivity contribution in [3.8, 4) is 0 Å². The van der Waals surface area contributed by atoms with Crippen LogP contribution in [0.4, 0.5) is 11.4 Å². The van der Waals surface area contributed by atoms with Crippen LogP contribution in [-0.4, -0.2) is 55.1 Å². The zero-order valence-corrected chi connectivity index (χ0v) is 17.5. The maximum atomic E-state index is 12.7. The van der Waals surface area contributed by atoms with Gasteiger partial charge < -0.3 is 10.2 Å². The summed E-state index contributed by atoms with van der Waals surface area (Å²) in [5.41, 5.74) is 2.73. The molecule has 1 saturated heterocycles. The lowest BCUT2D eigenvalue weighted by molar-refractivity contribution is -0.120. The minimum absolute atomic E-state index is 0.0285. The van der Waals surface area contributed by atoms with Gasteiger partial charge in [0, 0.05) is 42.3 Å². The van der Waals surface area contributed by atoms with E-state index in [9.17, 15) is 9.59 Å². The van der Waals surface area contributed by atoms with Crippen molar-refractivity contribution >= 4 is 34.8 Å². The lowest BCUT2D eigenvalue weighted by Crippen LogP contribution is -2.52. The lowest BCUT2D eigenvalue weighted by Gasteiger charge is -2.38. The summed E-state index contributed by atoms with van der Waals surface area (Å²) in [7, 11) is 0. The van der Waals surface area contributed by atoms with Crippen molar-refractivity contribution in [3.63, 3.8) is 0 Å². The third-order valence-electron chi connectivity index (χ3n) is 5.25. The molecule has 5 nitrogen and oxygen atoms in total. The summed E-state index contributed by atoms with van der Waals surface area (Å²) in [4.78, 5) is 29.7. The van der Waals surface area contributed by atoms with Gasteiger partial charge in [-0.1, -0.05) is 12.1 Å². The Morgan fingerprint density at radius 2 is 1.64 bits per heavy atom. The SMILES string of the molecule is CSc1ccccc1NC(=O)[C@@H](C)N1CCN(c2ccc(C(C)=O)cc2)CC1. The van der Waals surface area contributed by atoms with Crippen molar-refractivity contribution in [2.75, 3.05) is 42.7 Å². The summed E-state index contributed by atoms with van der Waals surface area (Å²) in [5, 5.41) is 3.07. The number of hydrogen-bond acceptors (Lipinski definition) is 5. The topological polar surface area (TPSA) is 52.7 Å². The molecule has 6 heteroatoms. The van der Waals surface area contributed by atoms with Crippen molar-refractivity contribution in [1.82, 2.24) is 4.90 Å². The van der Waals surface area contributed by atoms with Crippen LogP contribution in [0.25, 0.3) is 0 Å². The van der Waals surface area contributed by atoms with Gasteiger partial charge in [-0.05, 0) is 56.5 Å². The molecule has 3 rings (SSSR count). The molecule has 1 aliphatic rings. The van der Waals surface area contributed by atoms with Gasteiger partial charge in [-0.3, -0.25) is 14.5 Å². The number of piperazine rings is 1. The second-order valence-corrected chi connectivity index (χ2v) is 7.84. The van der Waals surface area contributed by atoms with Gasteiger partial charge in [0.15, 0.2) is 5.78 Å². The van der Waals surface area contributed by atoms with Gasteiger partial charge in [0.2, 0.25) is 5.91 Å². The first kappa shape index (κ1) is 20.4. The predicted octanol–water partition coefficient (Wildman–Crippen LogP) is 3.76. The Bertz CT molecular complexity index is 830. The summed E-state index contributed by atoms with van der Waals surface area (Å²) in [6, 6.07) is 15.5. The minimum Gasteiger partial charge on any atom is -0.369 e. The molecule has 1 amide bonds. The third-order valence-corrected chi connectivity index (χ3v) is 6.04. The number of ketones is 1. The molecule has 2 aromatic carbocycles. The van der Waals surface area contributed by atoms with Gasteiger partial charge in [0.05, 0.1) is 11.7 Å². The standard InChI is InChI=1S/C22H27N3O2S/c1-16(22(27)23-20-6-4-5-7-21(20)28-3)24-12-14-25(15-13-24)19-10-8-18(9-11-19)17(2)26/h4-11,16H,12-15H2,1-3H3,(H,23,27)/t16-/m1/s1. The Labute approximate surface area is 171 Å². The van der Waals surface area contributed by atoms with Crippen LogP contribution < -0.4 is 10.2 Å². The average molecular weight is 398 g/mol. The van der Waals surface area contributed by atoms with Crippen LogP contribution in [0.2, 0.25) is 0 Å². The zero-order valence-electron chi connectivity index (χ0n) is 16.6. The van der Waals surface area contributed by atoms with E-state index in [-0.39, 0.29) is 17.7 Å². The molecule has 28 heavy (non-hydrogen) atoms. The smallest absolute Gasteiger partial charge is 0.241 e. The Kier molecular flexibility index (Phi) is 6.75. The monoisotopic (exact) mass is 397 g/mol. The lowest BCUT2D eigenvalue weighted by atomic mass is 10.1. The predicted molar refractivity (Wildman–Crippen MR) is 117 cm³/mol. The number of amides is 1. The summed E-state index contributed by atoms with van der Waals surface area (Å²) >= 11 is 1.63. The largest absolute Gasteiger partial charge is 0.369 e. The van der Waals surface area contributed by atoms with Crippen molar-refractivity contribution in [3.05, 3.63) is 54.1 Å². The van der Waals surface area contributed by atoms with E-state index in [1.54, 1.807) is 18.7 Å². The van der Waals surface area contributed by atoms with Gasteiger partial charge in [0.25, 0.3) is 0 Å². The maximum absolute atomic E-state index is 12.7. The van der Waals surface area contributed by atoms with Gasteiger partial charge in [-0.2, -0.15) is 0 Å². The van der Waals surface area contributed by atoms with E-state index in [1.165, 1.54) is 0 Å². The second-order valence-electron chi connectivity index (χ2n) is 6.99. The van der Waals surface area contributed by atoms with Crippen LogP contribution in [0, 0.1) is 0 Å².